The number of ether oxygens (including phenoxy) is 1. The molecule has 0 bridgehead atoms. The Bertz CT molecular complexity index is 383. The van der Waals surface area contributed by atoms with E-state index in [-0.39, 0.29) is 0 Å². The van der Waals surface area contributed by atoms with Gasteiger partial charge >= 0.3 is 13.1 Å². The highest BCUT2D eigenvalue weighted by Crippen LogP contribution is 2.06. The minimum Gasteiger partial charge on any atom is -0.448 e. The summed E-state index contributed by atoms with van der Waals surface area (Å²) in [5.41, 5.74) is 0.611. The molecule has 0 fully saturated rings. The number of pyridine rings is 1. The standard InChI is InChI=1S/C8H9N2O.BF4/c1-10-4-3-7(6-9)5-8(10)11-2;2-1(3,4)5/h3-5H,1-2H3;/q+1;-1. The van der Waals surface area contributed by atoms with E-state index >= 15 is 0 Å². The largest absolute Gasteiger partial charge is 0.673 e. The number of methoxy groups -OCH3 is 1. The van der Waals surface area contributed by atoms with Crippen LogP contribution in [0.3, 0.4) is 0 Å². The maximum absolute atomic E-state index is 9.75. The van der Waals surface area contributed by atoms with Crippen LogP contribution in [0.5, 0.6) is 5.88 Å². The molecule has 1 aromatic heterocycles. The van der Waals surface area contributed by atoms with E-state index in [4.69, 9.17) is 10.00 Å². The number of rotatable bonds is 1. The smallest absolute Gasteiger partial charge is 0.448 e. The monoisotopic (exact) mass is 236 g/mol. The molecule has 0 saturated carbocycles. The lowest BCUT2D eigenvalue weighted by Crippen LogP contribution is -2.29. The Morgan fingerprint density at radius 3 is 2.25 bits per heavy atom. The Labute approximate surface area is 90.0 Å². The molecular weight excluding hydrogens is 227 g/mol. The highest BCUT2D eigenvalue weighted by molar-refractivity contribution is 6.50. The van der Waals surface area contributed by atoms with Crippen LogP contribution in [-0.4, -0.2) is 14.4 Å². The molecule has 1 rings (SSSR count). The van der Waals surface area contributed by atoms with Gasteiger partial charge in [0.1, 0.15) is 7.05 Å². The Kier molecular flexibility index (Phi) is 5.29. The quantitative estimate of drug-likeness (QED) is 0.422. The molecule has 3 nitrogen and oxygen atoms in total. The van der Waals surface area contributed by atoms with Crippen LogP contribution < -0.4 is 9.30 Å². The summed E-state index contributed by atoms with van der Waals surface area (Å²) in [4.78, 5) is 0. The summed E-state index contributed by atoms with van der Waals surface area (Å²) < 4.78 is 45.8. The van der Waals surface area contributed by atoms with Crippen LogP contribution >= 0.6 is 0 Å². The van der Waals surface area contributed by atoms with Gasteiger partial charge in [-0.15, -0.1) is 0 Å². The number of nitrogens with zero attached hydrogens (tertiary/aromatic N) is 2. The summed E-state index contributed by atoms with van der Waals surface area (Å²) in [6, 6.07) is 5.47. The lowest BCUT2D eigenvalue weighted by atomic mass is 10.3. The number of hydrogen-bond donors (Lipinski definition) is 0. The molecule has 0 unspecified atom stereocenters. The fourth-order valence-electron chi connectivity index (χ4n) is 0.821. The van der Waals surface area contributed by atoms with Gasteiger partial charge in [0, 0.05) is 6.07 Å². The minimum atomic E-state index is -6.00. The summed E-state index contributed by atoms with van der Waals surface area (Å²) in [5, 5.41) is 8.53. The third kappa shape index (κ3) is 6.65. The van der Waals surface area contributed by atoms with E-state index in [1.54, 1.807) is 30.0 Å². The van der Waals surface area contributed by atoms with E-state index in [0.29, 0.717) is 11.4 Å². The second-order valence-corrected chi connectivity index (χ2v) is 2.68. The fourth-order valence-corrected chi connectivity index (χ4v) is 0.821. The number of aryl methyl sites for hydroxylation is 1. The highest BCUT2D eigenvalue weighted by Gasteiger charge is 2.20. The van der Waals surface area contributed by atoms with Crippen LogP contribution in [-0.2, 0) is 7.05 Å². The van der Waals surface area contributed by atoms with Gasteiger partial charge in [-0.1, -0.05) is 0 Å². The van der Waals surface area contributed by atoms with Gasteiger partial charge in [0.2, 0.25) is 0 Å². The molecule has 0 saturated heterocycles. The van der Waals surface area contributed by atoms with E-state index in [1.807, 2.05) is 13.1 Å². The van der Waals surface area contributed by atoms with Gasteiger partial charge in [0.25, 0.3) is 0 Å². The zero-order valence-electron chi connectivity index (χ0n) is 8.62. The topological polar surface area (TPSA) is 36.9 Å². The van der Waals surface area contributed by atoms with E-state index in [9.17, 15) is 17.3 Å². The SMILES string of the molecule is COc1cc(C#N)cc[n+]1C.F[B-](F)(F)F. The van der Waals surface area contributed by atoms with Gasteiger partial charge in [0.15, 0.2) is 6.20 Å². The van der Waals surface area contributed by atoms with Crippen molar-refractivity contribution in [2.45, 2.75) is 0 Å². The van der Waals surface area contributed by atoms with Gasteiger partial charge in [-0.3, -0.25) is 0 Å². The summed E-state index contributed by atoms with van der Waals surface area (Å²) in [6.07, 6.45) is 1.79. The second-order valence-electron chi connectivity index (χ2n) is 2.68. The van der Waals surface area contributed by atoms with Crippen molar-refractivity contribution in [2.24, 2.45) is 7.05 Å². The Morgan fingerprint density at radius 2 is 1.88 bits per heavy atom. The summed E-state index contributed by atoms with van der Waals surface area (Å²) in [5.74, 6) is 0.684. The first-order valence-electron chi connectivity index (χ1n) is 4.09. The fraction of sp³-hybridized carbons (Fsp3) is 0.250. The molecule has 0 amide bonds. The summed E-state index contributed by atoms with van der Waals surface area (Å²) >= 11 is 0. The van der Waals surface area contributed by atoms with E-state index in [0.717, 1.165) is 0 Å². The summed E-state index contributed by atoms with van der Waals surface area (Å²) in [7, 11) is -2.56. The first-order valence-corrected chi connectivity index (χ1v) is 4.09. The van der Waals surface area contributed by atoms with Crippen molar-refractivity contribution < 1.29 is 26.6 Å². The normalized spacial score (nSPS) is 9.81. The molecule has 8 heteroatoms. The molecule has 0 aliphatic heterocycles. The van der Waals surface area contributed by atoms with Crippen molar-refractivity contribution >= 4 is 7.25 Å². The van der Waals surface area contributed by atoms with Crippen molar-refractivity contribution in [1.29, 1.82) is 5.26 Å². The number of halogens is 4. The van der Waals surface area contributed by atoms with Gasteiger partial charge in [-0.2, -0.15) is 9.83 Å². The molecule has 0 aromatic carbocycles. The molecule has 1 aromatic rings. The van der Waals surface area contributed by atoms with Crippen LogP contribution in [0.15, 0.2) is 18.3 Å². The first kappa shape index (κ1) is 14.2. The van der Waals surface area contributed by atoms with Crippen LogP contribution in [0.2, 0.25) is 0 Å². The maximum atomic E-state index is 9.75. The van der Waals surface area contributed by atoms with Crippen molar-refractivity contribution in [3.8, 4) is 11.9 Å². The molecule has 1 heterocycles. The van der Waals surface area contributed by atoms with Crippen LogP contribution in [0.1, 0.15) is 5.56 Å². The molecule has 16 heavy (non-hydrogen) atoms. The number of hydrogen-bond acceptors (Lipinski definition) is 2. The molecule has 0 atom stereocenters. The van der Waals surface area contributed by atoms with Crippen molar-refractivity contribution in [3.63, 3.8) is 0 Å². The van der Waals surface area contributed by atoms with Gasteiger partial charge in [-0.25, -0.2) is 0 Å². The average molecular weight is 236 g/mol. The van der Waals surface area contributed by atoms with Crippen molar-refractivity contribution in [3.05, 3.63) is 23.9 Å². The van der Waals surface area contributed by atoms with E-state index in [1.165, 1.54) is 0 Å². The Morgan fingerprint density at radius 1 is 1.38 bits per heavy atom. The number of nitriles is 1. The number of aromatic nitrogens is 1. The molecule has 0 aliphatic carbocycles. The minimum absolute atomic E-state index is 0.611. The maximum Gasteiger partial charge on any atom is 0.673 e. The van der Waals surface area contributed by atoms with Crippen LogP contribution in [0.25, 0.3) is 0 Å². The van der Waals surface area contributed by atoms with Gasteiger partial charge < -0.3 is 22.0 Å². The molecule has 0 spiro atoms. The Hall–Kier alpha value is -1.78. The lowest BCUT2D eigenvalue weighted by Gasteiger charge is -1.95. The third-order valence-corrected chi connectivity index (χ3v) is 1.44. The zero-order valence-corrected chi connectivity index (χ0v) is 8.62. The Balaban J connectivity index is 0.000000385. The van der Waals surface area contributed by atoms with Crippen LogP contribution in [0.4, 0.5) is 17.3 Å². The van der Waals surface area contributed by atoms with Crippen LogP contribution in [0, 0.1) is 11.3 Å². The molecule has 0 aliphatic rings. The molecule has 0 radical (unpaired) electrons. The van der Waals surface area contributed by atoms with Gasteiger partial charge in [-0.05, 0) is 0 Å². The third-order valence-electron chi connectivity index (χ3n) is 1.44. The molecule has 0 N–H and O–H groups in total. The van der Waals surface area contributed by atoms with Gasteiger partial charge in [0.05, 0.1) is 24.8 Å². The second kappa shape index (κ2) is 5.95. The highest BCUT2D eigenvalue weighted by atomic mass is 19.5. The zero-order chi connectivity index (χ0) is 12.8. The lowest BCUT2D eigenvalue weighted by molar-refractivity contribution is -0.676. The average Bonchev–Trinajstić information content (AvgIpc) is 2.16. The van der Waals surface area contributed by atoms with E-state index in [2.05, 4.69) is 0 Å². The molecule has 88 valence electrons. The predicted octanol–water partition coefficient (Wildman–Crippen LogP) is 1.69. The predicted molar refractivity (Wildman–Crippen MR) is 49.1 cm³/mol. The molecular formula is C8H9BF4N2O. The van der Waals surface area contributed by atoms with Crippen molar-refractivity contribution in [1.82, 2.24) is 0 Å². The summed E-state index contributed by atoms with van der Waals surface area (Å²) in [6.45, 7) is 0. The van der Waals surface area contributed by atoms with E-state index < -0.39 is 7.25 Å². The van der Waals surface area contributed by atoms with Crippen molar-refractivity contribution in [2.75, 3.05) is 7.11 Å². The first-order chi connectivity index (χ1) is 7.27.